The number of carbonyl (C=O) groups excluding carboxylic acids is 1. The lowest BCUT2D eigenvalue weighted by Gasteiger charge is -2.12. The summed E-state index contributed by atoms with van der Waals surface area (Å²) in [5.41, 5.74) is 1.84. The molecule has 0 aliphatic rings. The van der Waals surface area contributed by atoms with Crippen molar-refractivity contribution < 1.29 is 9.18 Å². The van der Waals surface area contributed by atoms with Crippen LogP contribution in [0.1, 0.15) is 48.3 Å². The second-order valence-corrected chi connectivity index (χ2v) is 6.06. The van der Waals surface area contributed by atoms with Gasteiger partial charge in [-0.05, 0) is 38.0 Å². The molecule has 0 saturated carbocycles. The van der Waals surface area contributed by atoms with Crippen molar-refractivity contribution >= 4 is 17.5 Å². The fraction of sp³-hybridized carbons (Fsp3) is 0.412. The minimum absolute atomic E-state index is 0.0865. The summed E-state index contributed by atoms with van der Waals surface area (Å²) in [6.45, 7) is 6.18. The molecule has 1 aromatic carbocycles. The molecule has 2 rings (SSSR count). The lowest BCUT2D eigenvalue weighted by Crippen LogP contribution is -2.32. The summed E-state index contributed by atoms with van der Waals surface area (Å²) < 4.78 is 14.5. The van der Waals surface area contributed by atoms with E-state index in [1.165, 1.54) is 12.1 Å². The van der Waals surface area contributed by atoms with E-state index in [-0.39, 0.29) is 17.8 Å². The van der Waals surface area contributed by atoms with E-state index in [1.807, 2.05) is 6.92 Å². The highest BCUT2D eigenvalue weighted by molar-refractivity contribution is 6.33. The number of hydrogen-bond donors (Lipinski definition) is 1. The highest BCUT2D eigenvalue weighted by Gasteiger charge is 2.21. The summed E-state index contributed by atoms with van der Waals surface area (Å²) >= 11 is 6.33. The highest BCUT2D eigenvalue weighted by atomic mass is 35.5. The summed E-state index contributed by atoms with van der Waals surface area (Å²) in [5.74, 6) is -0.500. The largest absolute Gasteiger partial charge is 0.349 e. The molecule has 0 aliphatic carbocycles. The Morgan fingerprint density at radius 1 is 1.39 bits per heavy atom. The Kier molecular flexibility index (Phi) is 5.77. The van der Waals surface area contributed by atoms with Gasteiger partial charge in [0.05, 0.1) is 17.8 Å². The van der Waals surface area contributed by atoms with Crippen LogP contribution in [0.5, 0.6) is 0 Å². The minimum atomic E-state index is -0.290. The van der Waals surface area contributed by atoms with Gasteiger partial charge in [-0.3, -0.25) is 4.79 Å². The summed E-state index contributed by atoms with van der Waals surface area (Å²) in [4.78, 5) is 12.4. The van der Waals surface area contributed by atoms with Crippen molar-refractivity contribution in [3.8, 4) is 0 Å². The maximum atomic E-state index is 13.0. The number of aromatic nitrogens is 2. The van der Waals surface area contributed by atoms with E-state index >= 15 is 0 Å². The van der Waals surface area contributed by atoms with Crippen LogP contribution >= 0.6 is 11.6 Å². The van der Waals surface area contributed by atoms with Crippen LogP contribution in [-0.2, 0) is 6.54 Å². The molecule has 1 aromatic heterocycles. The molecule has 0 radical (unpaired) electrons. The summed E-state index contributed by atoms with van der Waals surface area (Å²) in [7, 11) is 0. The molecule has 0 aliphatic heterocycles. The molecule has 1 unspecified atom stereocenters. The number of aryl methyl sites for hydroxylation is 1. The van der Waals surface area contributed by atoms with Gasteiger partial charge in [-0.25, -0.2) is 9.07 Å². The fourth-order valence-corrected chi connectivity index (χ4v) is 2.80. The van der Waals surface area contributed by atoms with Gasteiger partial charge in [-0.2, -0.15) is 5.10 Å². The molecule has 4 nitrogen and oxygen atoms in total. The molecule has 0 saturated heterocycles. The van der Waals surface area contributed by atoms with Crippen LogP contribution in [0.25, 0.3) is 0 Å². The Morgan fingerprint density at radius 3 is 2.65 bits per heavy atom. The lowest BCUT2D eigenvalue weighted by atomic mass is 10.1. The standard InChI is InChI=1S/C17H21ClFN3O/c1-4-5-11(2)20-17(23)15-12(3)21-22(16(15)18)10-13-6-8-14(19)9-7-13/h6-9,11H,4-5,10H2,1-3H3,(H,20,23). The first kappa shape index (κ1) is 17.5. The third-order valence-electron chi connectivity index (χ3n) is 3.64. The topological polar surface area (TPSA) is 46.9 Å². The Hall–Kier alpha value is -1.88. The molecule has 1 N–H and O–H groups in total. The first-order valence-electron chi connectivity index (χ1n) is 7.70. The highest BCUT2D eigenvalue weighted by Crippen LogP contribution is 2.21. The van der Waals surface area contributed by atoms with E-state index in [0.29, 0.717) is 23.0 Å². The smallest absolute Gasteiger partial charge is 0.256 e. The van der Waals surface area contributed by atoms with E-state index in [4.69, 9.17) is 11.6 Å². The predicted octanol–water partition coefficient (Wildman–Crippen LogP) is 3.95. The van der Waals surface area contributed by atoms with Crippen LogP contribution in [0.3, 0.4) is 0 Å². The number of benzene rings is 1. The van der Waals surface area contributed by atoms with Gasteiger partial charge in [0.25, 0.3) is 5.91 Å². The molecule has 1 heterocycles. The third kappa shape index (κ3) is 4.32. The second kappa shape index (κ2) is 7.59. The summed E-state index contributed by atoms with van der Waals surface area (Å²) in [5, 5.41) is 7.57. The molecule has 0 fully saturated rings. The van der Waals surface area contributed by atoms with Crippen LogP contribution in [0, 0.1) is 12.7 Å². The van der Waals surface area contributed by atoms with E-state index in [1.54, 1.807) is 23.7 Å². The molecule has 0 bridgehead atoms. The third-order valence-corrected chi connectivity index (χ3v) is 4.02. The number of nitrogens with one attached hydrogen (secondary N) is 1. The average molecular weight is 338 g/mol. The van der Waals surface area contributed by atoms with Crippen LogP contribution in [0.2, 0.25) is 5.15 Å². The number of hydrogen-bond acceptors (Lipinski definition) is 2. The van der Waals surface area contributed by atoms with Gasteiger partial charge in [0.15, 0.2) is 0 Å². The lowest BCUT2D eigenvalue weighted by molar-refractivity contribution is 0.0938. The summed E-state index contributed by atoms with van der Waals surface area (Å²) in [6.07, 6.45) is 1.91. The van der Waals surface area contributed by atoms with Crippen molar-refractivity contribution in [2.75, 3.05) is 0 Å². The first-order chi connectivity index (χ1) is 10.9. The zero-order valence-electron chi connectivity index (χ0n) is 13.6. The van der Waals surface area contributed by atoms with Crippen molar-refractivity contribution in [2.24, 2.45) is 0 Å². The SMILES string of the molecule is CCCC(C)NC(=O)c1c(C)nn(Cc2ccc(F)cc2)c1Cl. The molecule has 1 atom stereocenters. The Morgan fingerprint density at radius 2 is 2.04 bits per heavy atom. The maximum Gasteiger partial charge on any atom is 0.256 e. The van der Waals surface area contributed by atoms with Crippen molar-refractivity contribution in [1.82, 2.24) is 15.1 Å². The first-order valence-corrected chi connectivity index (χ1v) is 8.08. The molecule has 0 spiro atoms. The van der Waals surface area contributed by atoms with Crippen LogP contribution in [0.15, 0.2) is 24.3 Å². The van der Waals surface area contributed by atoms with Gasteiger partial charge in [-0.1, -0.05) is 37.1 Å². The molecular formula is C17H21ClFN3O. The van der Waals surface area contributed by atoms with E-state index < -0.39 is 0 Å². The van der Waals surface area contributed by atoms with Gasteiger partial charge >= 0.3 is 0 Å². The normalized spacial score (nSPS) is 12.2. The van der Waals surface area contributed by atoms with Crippen molar-refractivity contribution in [3.05, 3.63) is 52.1 Å². The average Bonchev–Trinajstić information content (AvgIpc) is 2.76. The molecular weight excluding hydrogens is 317 g/mol. The predicted molar refractivity (Wildman–Crippen MR) is 89.3 cm³/mol. The quantitative estimate of drug-likeness (QED) is 0.867. The maximum absolute atomic E-state index is 13.0. The number of halogens is 2. The molecule has 23 heavy (non-hydrogen) atoms. The van der Waals surface area contributed by atoms with Crippen LogP contribution in [0.4, 0.5) is 4.39 Å². The van der Waals surface area contributed by atoms with Gasteiger partial charge < -0.3 is 5.32 Å². The second-order valence-electron chi connectivity index (χ2n) is 5.70. The number of amides is 1. The van der Waals surface area contributed by atoms with E-state index in [0.717, 1.165) is 18.4 Å². The van der Waals surface area contributed by atoms with Gasteiger partial charge in [-0.15, -0.1) is 0 Å². The number of nitrogens with zero attached hydrogens (tertiary/aromatic N) is 2. The Labute approximate surface area is 140 Å². The Bertz CT molecular complexity index is 682. The van der Waals surface area contributed by atoms with Crippen LogP contribution in [-0.4, -0.2) is 21.7 Å². The summed E-state index contributed by atoms with van der Waals surface area (Å²) in [6, 6.07) is 6.21. The van der Waals surface area contributed by atoms with Crippen molar-refractivity contribution in [1.29, 1.82) is 0 Å². The molecule has 2 aromatic rings. The van der Waals surface area contributed by atoms with E-state index in [2.05, 4.69) is 17.3 Å². The van der Waals surface area contributed by atoms with E-state index in [9.17, 15) is 9.18 Å². The molecule has 124 valence electrons. The van der Waals surface area contributed by atoms with Crippen molar-refractivity contribution in [3.63, 3.8) is 0 Å². The van der Waals surface area contributed by atoms with Crippen molar-refractivity contribution in [2.45, 2.75) is 46.2 Å². The van der Waals surface area contributed by atoms with Gasteiger partial charge in [0.2, 0.25) is 0 Å². The zero-order chi connectivity index (χ0) is 17.0. The zero-order valence-corrected chi connectivity index (χ0v) is 14.3. The number of carbonyl (C=O) groups is 1. The monoisotopic (exact) mass is 337 g/mol. The van der Waals surface area contributed by atoms with Crippen LogP contribution < -0.4 is 5.32 Å². The molecule has 6 heteroatoms. The number of rotatable bonds is 6. The minimum Gasteiger partial charge on any atom is -0.349 e. The molecule has 1 amide bonds. The fourth-order valence-electron chi connectivity index (χ4n) is 2.48. The van der Waals surface area contributed by atoms with Gasteiger partial charge in [0.1, 0.15) is 11.0 Å². The van der Waals surface area contributed by atoms with Gasteiger partial charge in [0, 0.05) is 6.04 Å². The Balaban J connectivity index is 2.18.